The number of carbonyl (C=O) groups is 1. The highest BCUT2D eigenvalue weighted by Crippen LogP contribution is 2.18. The van der Waals surface area contributed by atoms with Gasteiger partial charge in [-0.2, -0.15) is 0 Å². The van der Waals surface area contributed by atoms with Gasteiger partial charge in [0.1, 0.15) is 0 Å². The monoisotopic (exact) mass is 297 g/mol. The fourth-order valence-corrected chi connectivity index (χ4v) is 2.75. The van der Waals surface area contributed by atoms with Crippen molar-refractivity contribution >= 4 is 30.7 Å². The molecule has 1 atom stereocenters. The van der Waals surface area contributed by atoms with Gasteiger partial charge in [0.25, 0.3) is 0 Å². The van der Waals surface area contributed by atoms with Gasteiger partial charge in [-0.05, 0) is 25.9 Å². The topological polar surface area (TPSA) is 35.6 Å². The minimum absolute atomic E-state index is 0. The lowest BCUT2D eigenvalue weighted by Crippen LogP contribution is -2.55. The van der Waals surface area contributed by atoms with E-state index in [1.807, 2.05) is 4.90 Å². The second kappa shape index (κ2) is 8.97. The van der Waals surface area contributed by atoms with Crippen LogP contribution in [0.15, 0.2) is 0 Å². The van der Waals surface area contributed by atoms with E-state index in [-0.39, 0.29) is 30.9 Å². The molecule has 0 saturated carbocycles. The third-order valence-corrected chi connectivity index (χ3v) is 3.73. The molecule has 0 aromatic carbocycles. The van der Waals surface area contributed by atoms with Gasteiger partial charge in [0.2, 0.25) is 5.91 Å². The fourth-order valence-electron chi connectivity index (χ4n) is 2.75. The Morgan fingerprint density at radius 3 is 2.44 bits per heavy atom. The zero-order chi connectivity index (χ0) is 11.4. The predicted octanol–water partition coefficient (Wildman–Crippen LogP) is 1.14. The SMILES string of the molecule is CCN1CCCCC1C(=O)N1CCNCC1.Cl.Cl. The van der Waals surface area contributed by atoms with Crippen molar-refractivity contribution in [1.29, 1.82) is 0 Å². The molecule has 0 aromatic heterocycles. The van der Waals surface area contributed by atoms with Crippen LogP contribution in [0.2, 0.25) is 0 Å². The molecule has 2 heterocycles. The Morgan fingerprint density at radius 1 is 1.17 bits per heavy atom. The lowest BCUT2D eigenvalue weighted by atomic mass is 10.0. The van der Waals surface area contributed by atoms with Crippen LogP contribution in [-0.4, -0.2) is 61.0 Å². The van der Waals surface area contributed by atoms with Gasteiger partial charge in [-0.25, -0.2) is 0 Å². The molecular weight excluding hydrogens is 273 g/mol. The van der Waals surface area contributed by atoms with Gasteiger partial charge >= 0.3 is 0 Å². The minimum atomic E-state index is 0. The molecule has 6 heteroatoms. The highest BCUT2D eigenvalue weighted by Gasteiger charge is 2.31. The summed E-state index contributed by atoms with van der Waals surface area (Å²) >= 11 is 0. The van der Waals surface area contributed by atoms with Crippen LogP contribution in [0.4, 0.5) is 0 Å². The van der Waals surface area contributed by atoms with Gasteiger partial charge < -0.3 is 10.2 Å². The molecule has 0 aromatic rings. The Labute approximate surface area is 122 Å². The van der Waals surface area contributed by atoms with Gasteiger partial charge in [0.15, 0.2) is 0 Å². The number of likely N-dealkylation sites (tertiary alicyclic amines) is 1. The van der Waals surface area contributed by atoms with Gasteiger partial charge in [-0.15, -0.1) is 24.8 Å². The van der Waals surface area contributed by atoms with E-state index < -0.39 is 0 Å². The minimum Gasteiger partial charge on any atom is -0.339 e. The number of hydrogen-bond donors (Lipinski definition) is 1. The molecule has 1 unspecified atom stereocenters. The summed E-state index contributed by atoms with van der Waals surface area (Å²) in [5, 5.41) is 3.29. The number of piperazine rings is 1. The molecule has 1 N–H and O–H groups in total. The normalized spacial score (nSPS) is 24.9. The lowest BCUT2D eigenvalue weighted by molar-refractivity contribution is -0.138. The summed E-state index contributed by atoms with van der Waals surface area (Å²) in [5.41, 5.74) is 0. The standard InChI is InChI=1S/C12H23N3O.2ClH/c1-2-14-8-4-3-5-11(14)12(16)15-9-6-13-7-10-15;;/h11,13H,2-10H2,1H3;2*1H. The number of nitrogens with zero attached hydrogens (tertiary/aromatic N) is 2. The summed E-state index contributed by atoms with van der Waals surface area (Å²) in [6, 6.07) is 0.164. The first-order valence-corrected chi connectivity index (χ1v) is 6.56. The van der Waals surface area contributed by atoms with Crippen molar-refractivity contribution in [2.75, 3.05) is 39.3 Å². The maximum Gasteiger partial charge on any atom is 0.240 e. The van der Waals surface area contributed by atoms with Gasteiger partial charge in [-0.1, -0.05) is 13.3 Å². The smallest absolute Gasteiger partial charge is 0.240 e. The second-order valence-corrected chi connectivity index (χ2v) is 4.72. The largest absolute Gasteiger partial charge is 0.339 e. The maximum absolute atomic E-state index is 12.4. The second-order valence-electron chi connectivity index (χ2n) is 4.72. The summed E-state index contributed by atoms with van der Waals surface area (Å²) in [6.45, 7) is 7.92. The van der Waals surface area contributed by atoms with Crippen LogP contribution in [-0.2, 0) is 4.79 Å². The number of likely N-dealkylation sites (N-methyl/N-ethyl adjacent to an activating group) is 1. The molecule has 2 aliphatic rings. The van der Waals surface area contributed by atoms with E-state index in [9.17, 15) is 4.79 Å². The Hall–Kier alpha value is -0.0300. The van der Waals surface area contributed by atoms with E-state index >= 15 is 0 Å². The van der Waals surface area contributed by atoms with Crippen LogP contribution in [0, 0.1) is 0 Å². The van der Waals surface area contributed by atoms with Crippen LogP contribution in [0.5, 0.6) is 0 Å². The van der Waals surface area contributed by atoms with E-state index in [1.165, 1.54) is 12.8 Å². The summed E-state index contributed by atoms with van der Waals surface area (Å²) in [5.74, 6) is 0.364. The van der Waals surface area contributed by atoms with Crippen molar-refractivity contribution < 1.29 is 4.79 Å². The molecule has 0 radical (unpaired) electrons. The molecule has 0 bridgehead atoms. The highest BCUT2D eigenvalue weighted by molar-refractivity contribution is 5.85. The predicted molar refractivity (Wildman–Crippen MR) is 78.8 cm³/mol. The van der Waals surface area contributed by atoms with E-state index in [0.29, 0.717) is 5.91 Å². The quantitative estimate of drug-likeness (QED) is 0.830. The van der Waals surface area contributed by atoms with Gasteiger partial charge in [-0.3, -0.25) is 9.69 Å². The van der Waals surface area contributed by atoms with Gasteiger partial charge in [0.05, 0.1) is 6.04 Å². The lowest BCUT2D eigenvalue weighted by Gasteiger charge is -2.38. The Morgan fingerprint density at radius 2 is 1.83 bits per heavy atom. The molecular formula is C12H25Cl2N3O. The molecule has 2 fully saturated rings. The molecule has 0 aliphatic carbocycles. The number of amides is 1. The number of nitrogens with one attached hydrogen (secondary N) is 1. The molecule has 2 rings (SSSR count). The van der Waals surface area contributed by atoms with Crippen LogP contribution in [0.3, 0.4) is 0 Å². The number of hydrogen-bond acceptors (Lipinski definition) is 3. The third-order valence-electron chi connectivity index (χ3n) is 3.73. The molecule has 0 spiro atoms. The molecule has 2 aliphatic heterocycles. The first-order chi connectivity index (χ1) is 7.83. The van der Waals surface area contributed by atoms with E-state index in [1.54, 1.807) is 0 Å². The van der Waals surface area contributed by atoms with Crippen molar-refractivity contribution in [1.82, 2.24) is 15.1 Å². The average Bonchev–Trinajstić information content (AvgIpc) is 2.39. The number of piperidine rings is 1. The molecule has 2 saturated heterocycles. The van der Waals surface area contributed by atoms with Crippen molar-refractivity contribution in [3.05, 3.63) is 0 Å². The van der Waals surface area contributed by atoms with E-state index in [2.05, 4.69) is 17.1 Å². The van der Waals surface area contributed by atoms with Crippen molar-refractivity contribution in [3.63, 3.8) is 0 Å². The van der Waals surface area contributed by atoms with E-state index in [4.69, 9.17) is 0 Å². The average molecular weight is 298 g/mol. The van der Waals surface area contributed by atoms with Crippen LogP contribution < -0.4 is 5.32 Å². The number of halogens is 2. The first-order valence-electron chi connectivity index (χ1n) is 6.56. The Kier molecular flexibility index (Phi) is 8.95. The zero-order valence-corrected chi connectivity index (χ0v) is 12.7. The summed E-state index contributed by atoms with van der Waals surface area (Å²) < 4.78 is 0. The zero-order valence-electron chi connectivity index (χ0n) is 11.1. The van der Waals surface area contributed by atoms with E-state index in [0.717, 1.165) is 45.7 Å². The number of rotatable bonds is 2. The first kappa shape index (κ1) is 18.0. The number of carbonyl (C=O) groups excluding carboxylic acids is 1. The summed E-state index contributed by atoms with van der Waals surface area (Å²) in [4.78, 5) is 16.8. The van der Waals surface area contributed by atoms with Crippen LogP contribution >= 0.6 is 24.8 Å². The van der Waals surface area contributed by atoms with Crippen LogP contribution in [0.25, 0.3) is 0 Å². The van der Waals surface area contributed by atoms with Crippen molar-refractivity contribution in [2.45, 2.75) is 32.2 Å². The summed E-state index contributed by atoms with van der Waals surface area (Å²) in [6.07, 6.45) is 3.51. The molecule has 108 valence electrons. The third kappa shape index (κ3) is 4.26. The molecule has 4 nitrogen and oxygen atoms in total. The summed E-state index contributed by atoms with van der Waals surface area (Å²) in [7, 11) is 0. The van der Waals surface area contributed by atoms with Gasteiger partial charge in [0, 0.05) is 26.2 Å². The van der Waals surface area contributed by atoms with Crippen molar-refractivity contribution in [2.24, 2.45) is 0 Å². The van der Waals surface area contributed by atoms with Crippen LogP contribution in [0.1, 0.15) is 26.2 Å². The fraction of sp³-hybridized carbons (Fsp3) is 0.917. The molecule has 18 heavy (non-hydrogen) atoms. The maximum atomic E-state index is 12.4. The highest BCUT2D eigenvalue weighted by atomic mass is 35.5. The Bertz CT molecular complexity index is 247. The van der Waals surface area contributed by atoms with Crippen molar-refractivity contribution in [3.8, 4) is 0 Å². The molecule has 1 amide bonds. The Balaban J connectivity index is 0.00000144.